The number of aromatic amines is 1. The molecule has 1 aromatic heterocycles. The van der Waals surface area contributed by atoms with Crippen LogP contribution in [-0.4, -0.2) is 30.3 Å². The fourth-order valence-electron chi connectivity index (χ4n) is 2.30. The van der Waals surface area contributed by atoms with Crippen LogP contribution in [0.5, 0.6) is 0 Å². The van der Waals surface area contributed by atoms with Gasteiger partial charge >= 0.3 is 5.97 Å². The van der Waals surface area contributed by atoms with Crippen molar-refractivity contribution in [2.75, 3.05) is 13.2 Å². The van der Waals surface area contributed by atoms with Gasteiger partial charge < -0.3 is 14.5 Å². The minimum Gasteiger partial charge on any atom is -0.464 e. The van der Waals surface area contributed by atoms with Gasteiger partial charge in [-0.05, 0) is 44.0 Å². The zero-order valence-corrected chi connectivity index (χ0v) is 12.2. The molecule has 0 unspecified atom stereocenters. The van der Waals surface area contributed by atoms with Gasteiger partial charge in [0.1, 0.15) is 0 Å². The molecule has 0 radical (unpaired) electrons. The molecule has 0 amide bonds. The molecule has 0 fully saturated rings. The number of ether oxygens (including phenoxy) is 2. The van der Waals surface area contributed by atoms with Gasteiger partial charge in [-0.3, -0.25) is 0 Å². The van der Waals surface area contributed by atoms with Crippen LogP contribution in [0.15, 0.2) is 24.4 Å². The monoisotopic (exact) mass is 275 g/mol. The lowest BCUT2D eigenvalue weighted by Crippen LogP contribution is -2.28. The van der Waals surface area contributed by atoms with E-state index in [2.05, 4.69) is 18.0 Å². The number of benzene rings is 1. The maximum absolute atomic E-state index is 11.9. The van der Waals surface area contributed by atoms with E-state index in [4.69, 9.17) is 9.47 Å². The van der Waals surface area contributed by atoms with E-state index in [1.807, 2.05) is 25.3 Å². The van der Waals surface area contributed by atoms with Crippen LogP contribution in [0.1, 0.15) is 25.0 Å². The Hall–Kier alpha value is -1.81. The van der Waals surface area contributed by atoms with E-state index in [1.54, 1.807) is 6.92 Å². The second-order valence-electron chi connectivity index (χ2n) is 4.75. The van der Waals surface area contributed by atoms with Crippen LogP contribution in [0, 0.1) is 6.92 Å². The third kappa shape index (κ3) is 3.20. The molecule has 108 valence electrons. The molecule has 0 aliphatic heterocycles. The number of carbonyl (C=O) groups excluding carboxylic acids is 1. The normalized spacial score (nSPS) is 12.6. The second-order valence-corrected chi connectivity index (χ2v) is 4.75. The summed E-state index contributed by atoms with van der Waals surface area (Å²) in [6.07, 6.45) is 1.99. The van der Waals surface area contributed by atoms with E-state index in [-0.39, 0.29) is 5.97 Å². The molecule has 1 heterocycles. The smallest absolute Gasteiger partial charge is 0.335 e. The molecule has 20 heavy (non-hydrogen) atoms. The summed E-state index contributed by atoms with van der Waals surface area (Å²) in [5.74, 6) is -0.291. The summed E-state index contributed by atoms with van der Waals surface area (Å²) in [4.78, 5) is 15.1. The van der Waals surface area contributed by atoms with Gasteiger partial charge in [-0.2, -0.15) is 0 Å². The van der Waals surface area contributed by atoms with Gasteiger partial charge in [-0.1, -0.05) is 6.07 Å². The van der Waals surface area contributed by atoms with Crippen LogP contribution in [0.3, 0.4) is 0 Å². The van der Waals surface area contributed by atoms with Crippen LogP contribution in [0.2, 0.25) is 0 Å². The molecule has 1 N–H and O–H groups in total. The number of carbonyl (C=O) groups is 1. The number of esters is 1. The Morgan fingerprint density at radius 3 is 2.80 bits per heavy atom. The summed E-state index contributed by atoms with van der Waals surface area (Å²) in [5, 5.41) is 1.18. The van der Waals surface area contributed by atoms with E-state index in [0.717, 1.165) is 11.1 Å². The maximum atomic E-state index is 11.9. The SMILES string of the molecule is CCOC(=O)[C@H](Cc1ccc2[nH]cc(C)c2c1)OCC. The number of hydrogen-bond donors (Lipinski definition) is 1. The highest BCUT2D eigenvalue weighted by atomic mass is 16.6. The van der Waals surface area contributed by atoms with Gasteiger partial charge in [-0.15, -0.1) is 0 Å². The Kier molecular flexibility index (Phi) is 4.79. The number of rotatable bonds is 6. The Balaban J connectivity index is 2.18. The Morgan fingerprint density at radius 2 is 2.10 bits per heavy atom. The molecule has 0 bridgehead atoms. The van der Waals surface area contributed by atoms with Crippen LogP contribution in [-0.2, 0) is 20.7 Å². The van der Waals surface area contributed by atoms with Crippen molar-refractivity contribution in [1.29, 1.82) is 0 Å². The summed E-state index contributed by atoms with van der Waals surface area (Å²) >= 11 is 0. The summed E-state index contributed by atoms with van der Waals surface area (Å²) in [6.45, 7) is 6.61. The average Bonchev–Trinajstić information content (AvgIpc) is 2.80. The highest BCUT2D eigenvalue weighted by Crippen LogP contribution is 2.20. The Bertz CT molecular complexity index is 588. The van der Waals surface area contributed by atoms with Crippen LogP contribution in [0.4, 0.5) is 0 Å². The van der Waals surface area contributed by atoms with Gasteiger partial charge in [-0.25, -0.2) is 4.79 Å². The molecule has 0 saturated carbocycles. The predicted molar refractivity (Wildman–Crippen MR) is 78.8 cm³/mol. The van der Waals surface area contributed by atoms with Crippen molar-refractivity contribution in [2.45, 2.75) is 33.3 Å². The third-order valence-corrected chi connectivity index (χ3v) is 3.29. The van der Waals surface area contributed by atoms with Crippen LogP contribution < -0.4 is 0 Å². The summed E-state index contributed by atoms with van der Waals surface area (Å²) < 4.78 is 10.6. The highest BCUT2D eigenvalue weighted by molar-refractivity contribution is 5.84. The summed E-state index contributed by atoms with van der Waals surface area (Å²) in [7, 11) is 0. The molecule has 0 aliphatic rings. The summed E-state index contributed by atoms with van der Waals surface area (Å²) in [5.41, 5.74) is 3.38. The Labute approximate surface area is 119 Å². The van der Waals surface area contributed by atoms with E-state index in [9.17, 15) is 4.79 Å². The number of fused-ring (bicyclic) bond motifs is 1. The molecule has 0 spiro atoms. The minimum absolute atomic E-state index is 0.291. The first-order valence-corrected chi connectivity index (χ1v) is 7.00. The van der Waals surface area contributed by atoms with Gasteiger partial charge in [0, 0.05) is 30.1 Å². The van der Waals surface area contributed by atoms with Crippen LogP contribution in [0.25, 0.3) is 10.9 Å². The standard InChI is InChI=1S/C16H21NO3/c1-4-19-15(16(18)20-5-2)9-12-6-7-14-13(8-12)11(3)10-17-14/h6-8,10,15,17H,4-5,9H2,1-3H3/t15-/m0/s1. The lowest BCUT2D eigenvalue weighted by Gasteiger charge is -2.15. The Morgan fingerprint density at radius 1 is 1.30 bits per heavy atom. The quantitative estimate of drug-likeness (QED) is 0.825. The van der Waals surface area contributed by atoms with E-state index < -0.39 is 6.10 Å². The van der Waals surface area contributed by atoms with Gasteiger partial charge in [0.2, 0.25) is 0 Å². The maximum Gasteiger partial charge on any atom is 0.335 e. The van der Waals surface area contributed by atoms with Crippen molar-refractivity contribution in [3.05, 3.63) is 35.5 Å². The fraction of sp³-hybridized carbons (Fsp3) is 0.438. The molecule has 2 rings (SSSR count). The number of aromatic nitrogens is 1. The molecule has 0 saturated heterocycles. The highest BCUT2D eigenvalue weighted by Gasteiger charge is 2.20. The number of hydrogen-bond acceptors (Lipinski definition) is 3. The molecule has 4 heteroatoms. The summed E-state index contributed by atoms with van der Waals surface area (Å²) in [6, 6.07) is 6.15. The largest absolute Gasteiger partial charge is 0.464 e. The zero-order valence-electron chi connectivity index (χ0n) is 12.2. The van der Waals surface area contributed by atoms with E-state index in [0.29, 0.717) is 19.6 Å². The van der Waals surface area contributed by atoms with Crippen molar-refractivity contribution >= 4 is 16.9 Å². The van der Waals surface area contributed by atoms with E-state index >= 15 is 0 Å². The van der Waals surface area contributed by atoms with Gasteiger partial charge in [0.25, 0.3) is 0 Å². The lowest BCUT2D eigenvalue weighted by atomic mass is 10.0. The minimum atomic E-state index is -0.531. The van der Waals surface area contributed by atoms with Gasteiger partial charge in [0.05, 0.1) is 6.61 Å². The molecule has 0 aliphatic carbocycles. The number of H-pyrrole nitrogens is 1. The molecule has 1 aromatic carbocycles. The topological polar surface area (TPSA) is 51.3 Å². The predicted octanol–water partition coefficient (Wildman–Crippen LogP) is 2.99. The first kappa shape index (κ1) is 14.6. The molecule has 2 aromatic rings. The first-order chi connectivity index (χ1) is 9.65. The second kappa shape index (κ2) is 6.57. The van der Waals surface area contributed by atoms with Crippen LogP contribution >= 0.6 is 0 Å². The average molecular weight is 275 g/mol. The van der Waals surface area contributed by atoms with Crippen molar-refractivity contribution in [3.63, 3.8) is 0 Å². The van der Waals surface area contributed by atoms with Crippen molar-refractivity contribution in [3.8, 4) is 0 Å². The van der Waals surface area contributed by atoms with E-state index in [1.165, 1.54) is 10.9 Å². The van der Waals surface area contributed by atoms with Gasteiger partial charge in [0.15, 0.2) is 6.10 Å². The number of nitrogens with one attached hydrogen (secondary N) is 1. The third-order valence-electron chi connectivity index (χ3n) is 3.29. The van der Waals surface area contributed by atoms with Crippen molar-refractivity contribution in [2.24, 2.45) is 0 Å². The zero-order chi connectivity index (χ0) is 14.5. The molecule has 1 atom stereocenters. The lowest BCUT2D eigenvalue weighted by molar-refractivity contribution is -0.156. The molecular formula is C16H21NO3. The molecule has 4 nitrogen and oxygen atoms in total. The first-order valence-electron chi connectivity index (χ1n) is 7.00. The van der Waals surface area contributed by atoms with Crippen molar-refractivity contribution in [1.82, 2.24) is 4.98 Å². The molecular weight excluding hydrogens is 254 g/mol. The number of aryl methyl sites for hydroxylation is 1. The van der Waals surface area contributed by atoms with Crippen molar-refractivity contribution < 1.29 is 14.3 Å². The fourth-order valence-corrected chi connectivity index (χ4v) is 2.30.